The predicted octanol–water partition coefficient (Wildman–Crippen LogP) is 0.538. The maximum absolute atomic E-state index is 12.2. The molecule has 0 aromatic rings. The topological polar surface area (TPSA) is 113 Å². The summed E-state index contributed by atoms with van der Waals surface area (Å²) in [6.07, 6.45) is 4.45. The van der Waals surface area contributed by atoms with Crippen LogP contribution < -0.4 is 11.1 Å². The van der Waals surface area contributed by atoms with Crippen molar-refractivity contribution in [3.05, 3.63) is 0 Å². The minimum Gasteiger partial charge on any atom is -0.481 e. The Morgan fingerprint density at radius 3 is 2.48 bits per heavy atom. The summed E-state index contributed by atoms with van der Waals surface area (Å²) in [6, 6.07) is -0.509. The van der Waals surface area contributed by atoms with E-state index in [2.05, 4.69) is 5.32 Å². The molecule has 7 heteroatoms. The molecule has 1 saturated carbocycles. The predicted molar refractivity (Wildman–Crippen MR) is 75.4 cm³/mol. The lowest BCUT2D eigenvalue weighted by atomic mass is 9.86. The van der Waals surface area contributed by atoms with Crippen molar-refractivity contribution in [2.45, 2.75) is 38.5 Å². The fourth-order valence-corrected chi connectivity index (χ4v) is 3.31. The van der Waals surface area contributed by atoms with Crippen LogP contribution in [0.3, 0.4) is 0 Å². The molecule has 1 aliphatic heterocycles. The molecule has 7 nitrogen and oxygen atoms in total. The van der Waals surface area contributed by atoms with E-state index in [1.807, 2.05) is 0 Å². The SMILES string of the molecule is NC(=O)N1CCCC(C(=O)NCC2(C(=O)O)CCCC2)C1. The van der Waals surface area contributed by atoms with Gasteiger partial charge in [-0.25, -0.2) is 4.79 Å². The zero-order chi connectivity index (χ0) is 15.5. The summed E-state index contributed by atoms with van der Waals surface area (Å²) < 4.78 is 0. The Bertz CT molecular complexity index is 432. The molecule has 3 amide bonds. The highest BCUT2D eigenvalue weighted by Crippen LogP contribution is 2.37. The summed E-state index contributed by atoms with van der Waals surface area (Å²) in [7, 11) is 0. The van der Waals surface area contributed by atoms with Crippen LogP contribution in [-0.2, 0) is 9.59 Å². The minimum absolute atomic E-state index is 0.173. The van der Waals surface area contributed by atoms with Crippen LogP contribution in [-0.4, -0.2) is 47.5 Å². The van der Waals surface area contributed by atoms with Crippen LogP contribution in [0, 0.1) is 11.3 Å². The molecule has 0 aromatic heterocycles. The molecular weight excluding hydrogens is 274 g/mol. The van der Waals surface area contributed by atoms with Gasteiger partial charge in [0.1, 0.15) is 0 Å². The number of rotatable bonds is 4. The van der Waals surface area contributed by atoms with Crippen molar-refractivity contribution in [2.24, 2.45) is 17.1 Å². The van der Waals surface area contributed by atoms with E-state index < -0.39 is 17.4 Å². The number of amides is 3. The fourth-order valence-electron chi connectivity index (χ4n) is 3.31. The number of carboxylic acid groups (broad SMARTS) is 1. The molecular formula is C14H23N3O4. The van der Waals surface area contributed by atoms with Crippen LogP contribution in [0.1, 0.15) is 38.5 Å². The van der Waals surface area contributed by atoms with Crippen molar-refractivity contribution in [1.82, 2.24) is 10.2 Å². The van der Waals surface area contributed by atoms with Gasteiger partial charge in [0.2, 0.25) is 5.91 Å². The fraction of sp³-hybridized carbons (Fsp3) is 0.786. The first-order valence-electron chi connectivity index (χ1n) is 7.50. The molecule has 2 aliphatic rings. The van der Waals surface area contributed by atoms with E-state index in [9.17, 15) is 19.5 Å². The number of piperidine rings is 1. The minimum atomic E-state index is -0.831. The number of hydrogen-bond acceptors (Lipinski definition) is 3. The summed E-state index contributed by atoms with van der Waals surface area (Å²) in [6.45, 7) is 1.08. The molecule has 21 heavy (non-hydrogen) atoms. The number of nitrogens with two attached hydrogens (primary N) is 1. The molecule has 118 valence electrons. The van der Waals surface area contributed by atoms with Crippen LogP contribution in [0.2, 0.25) is 0 Å². The van der Waals surface area contributed by atoms with Gasteiger partial charge in [-0.1, -0.05) is 12.8 Å². The standard InChI is InChI=1S/C14H23N3O4/c15-13(21)17-7-3-4-10(8-17)11(18)16-9-14(12(19)20)5-1-2-6-14/h10H,1-9H2,(H2,15,21)(H,16,18)(H,19,20). The van der Waals surface area contributed by atoms with Gasteiger partial charge in [-0.05, 0) is 25.7 Å². The molecule has 1 saturated heterocycles. The Kier molecular flexibility index (Phi) is 4.69. The Hall–Kier alpha value is -1.79. The second-order valence-electron chi connectivity index (χ2n) is 6.13. The largest absolute Gasteiger partial charge is 0.481 e. The van der Waals surface area contributed by atoms with Crippen LogP contribution in [0.25, 0.3) is 0 Å². The van der Waals surface area contributed by atoms with Gasteiger partial charge < -0.3 is 21.1 Å². The number of carboxylic acids is 1. The molecule has 1 heterocycles. The number of likely N-dealkylation sites (tertiary alicyclic amines) is 1. The Labute approximate surface area is 123 Å². The monoisotopic (exact) mass is 297 g/mol. The van der Waals surface area contributed by atoms with Gasteiger partial charge in [0.05, 0.1) is 11.3 Å². The molecule has 0 radical (unpaired) electrons. The van der Waals surface area contributed by atoms with Crippen molar-refractivity contribution >= 4 is 17.9 Å². The summed E-state index contributed by atoms with van der Waals surface area (Å²) >= 11 is 0. The van der Waals surface area contributed by atoms with Crippen molar-refractivity contribution in [1.29, 1.82) is 0 Å². The van der Waals surface area contributed by atoms with E-state index in [1.165, 1.54) is 4.90 Å². The van der Waals surface area contributed by atoms with Crippen LogP contribution >= 0.6 is 0 Å². The number of aliphatic carboxylic acids is 1. The molecule has 1 aliphatic carbocycles. The third kappa shape index (κ3) is 3.46. The van der Waals surface area contributed by atoms with Crippen LogP contribution in [0.5, 0.6) is 0 Å². The maximum atomic E-state index is 12.2. The van der Waals surface area contributed by atoms with Crippen molar-refractivity contribution < 1.29 is 19.5 Å². The third-order valence-corrected chi connectivity index (χ3v) is 4.72. The number of urea groups is 1. The average molecular weight is 297 g/mol. The lowest BCUT2D eigenvalue weighted by Gasteiger charge is -2.31. The zero-order valence-corrected chi connectivity index (χ0v) is 12.1. The Balaban J connectivity index is 1.89. The number of primary amides is 1. The van der Waals surface area contributed by atoms with E-state index in [0.29, 0.717) is 32.4 Å². The van der Waals surface area contributed by atoms with Crippen LogP contribution in [0.15, 0.2) is 0 Å². The van der Waals surface area contributed by atoms with E-state index >= 15 is 0 Å². The summed E-state index contributed by atoms with van der Waals surface area (Å²) in [5, 5.41) is 12.2. The van der Waals surface area contributed by atoms with Gasteiger partial charge >= 0.3 is 12.0 Å². The van der Waals surface area contributed by atoms with Crippen molar-refractivity contribution in [2.75, 3.05) is 19.6 Å². The summed E-state index contributed by atoms with van der Waals surface area (Å²) in [5.41, 5.74) is 4.43. The maximum Gasteiger partial charge on any atom is 0.314 e. The highest BCUT2D eigenvalue weighted by molar-refractivity contribution is 5.82. The molecule has 4 N–H and O–H groups in total. The number of carbonyl (C=O) groups is 3. The highest BCUT2D eigenvalue weighted by Gasteiger charge is 2.42. The van der Waals surface area contributed by atoms with Crippen molar-refractivity contribution in [3.63, 3.8) is 0 Å². The number of nitrogens with one attached hydrogen (secondary N) is 1. The normalized spacial score (nSPS) is 24.6. The second-order valence-corrected chi connectivity index (χ2v) is 6.13. The first-order chi connectivity index (χ1) is 9.94. The number of hydrogen-bond donors (Lipinski definition) is 3. The van der Waals surface area contributed by atoms with Crippen LogP contribution in [0.4, 0.5) is 4.79 Å². The highest BCUT2D eigenvalue weighted by atomic mass is 16.4. The molecule has 2 rings (SSSR count). The smallest absolute Gasteiger partial charge is 0.314 e. The first kappa shape index (κ1) is 15.6. The summed E-state index contributed by atoms with van der Waals surface area (Å²) in [5.74, 6) is -1.30. The lowest BCUT2D eigenvalue weighted by molar-refractivity contribution is -0.148. The van der Waals surface area contributed by atoms with Gasteiger partial charge in [-0.2, -0.15) is 0 Å². The van der Waals surface area contributed by atoms with E-state index in [0.717, 1.165) is 19.3 Å². The quantitative estimate of drug-likeness (QED) is 0.702. The van der Waals surface area contributed by atoms with Gasteiger partial charge in [0, 0.05) is 19.6 Å². The van der Waals surface area contributed by atoms with Gasteiger partial charge in [-0.15, -0.1) is 0 Å². The molecule has 1 atom stereocenters. The number of nitrogens with zero attached hydrogens (tertiary/aromatic N) is 1. The van der Waals surface area contributed by atoms with Gasteiger partial charge in [-0.3, -0.25) is 9.59 Å². The molecule has 2 fully saturated rings. The Morgan fingerprint density at radius 2 is 1.90 bits per heavy atom. The third-order valence-electron chi connectivity index (χ3n) is 4.72. The molecule has 0 spiro atoms. The first-order valence-corrected chi connectivity index (χ1v) is 7.50. The molecule has 0 aromatic carbocycles. The summed E-state index contributed by atoms with van der Waals surface area (Å²) in [4.78, 5) is 36.3. The lowest BCUT2D eigenvalue weighted by Crippen LogP contribution is -2.49. The van der Waals surface area contributed by atoms with Gasteiger partial charge in [0.15, 0.2) is 0 Å². The average Bonchev–Trinajstić information content (AvgIpc) is 2.95. The van der Waals surface area contributed by atoms with E-state index in [4.69, 9.17) is 5.73 Å². The van der Waals surface area contributed by atoms with E-state index in [-0.39, 0.29) is 18.4 Å². The van der Waals surface area contributed by atoms with Crippen molar-refractivity contribution in [3.8, 4) is 0 Å². The number of carbonyl (C=O) groups excluding carboxylic acids is 2. The Morgan fingerprint density at radius 1 is 1.24 bits per heavy atom. The zero-order valence-electron chi connectivity index (χ0n) is 12.1. The molecule has 1 unspecified atom stereocenters. The van der Waals surface area contributed by atoms with E-state index in [1.54, 1.807) is 0 Å². The second kappa shape index (κ2) is 6.32. The molecule has 0 bridgehead atoms. The van der Waals surface area contributed by atoms with Gasteiger partial charge in [0.25, 0.3) is 0 Å².